The van der Waals surface area contributed by atoms with E-state index >= 15 is 0 Å². The largest absolute Gasteiger partial charge is 0.508 e. The number of halogens is 1. The van der Waals surface area contributed by atoms with E-state index in [0.29, 0.717) is 0 Å². The number of methoxy groups -OCH3 is 1. The van der Waals surface area contributed by atoms with Gasteiger partial charge >= 0.3 is 5.97 Å². The van der Waals surface area contributed by atoms with Crippen LogP contribution in [0.2, 0.25) is 5.02 Å². The molecule has 0 atom stereocenters. The molecule has 0 aliphatic rings. The van der Waals surface area contributed by atoms with Gasteiger partial charge in [0.05, 0.1) is 23.7 Å². The van der Waals surface area contributed by atoms with Gasteiger partial charge in [0.25, 0.3) is 5.69 Å². The zero-order valence-electron chi connectivity index (χ0n) is 7.56. The Kier molecular flexibility index (Phi) is 3.11. The predicted octanol–water partition coefficient (Wildman–Crippen LogP) is 1.74. The summed E-state index contributed by atoms with van der Waals surface area (Å²) in [5.74, 6) is -1.27. The first-order valence-corrected chi connectivity index (χ1v) is 4.10. The van der Waals surface area contributed by atoms with E-state index in [-0.39, 0.29) is 10.6 Å². The number of nitrogens with zero attached hydrogens (tertiary/aromatic N) is 1. The average Bonchev–Trinajstić information content (AvgIpc) is 2.19. The number of rotatable bonds is 2. The van der Waals surface area contributed by atoms with Gasteiger partial charge < -0.3 is 9.84 Å². The summed E-state index contributed by atoms with van der Waals surface area (Å²) in [6.45, 7) is 0. The summed E-state index contributed by atoms with van der Waals surface area (Å²) in [7, 11) is 1.11. The minimum Gasteiger partial charge on any atom is -0.508 e. The molecule has 0 fully saturated rings. The summed E-state index contributed by atoms with van der Waals surface area (Å²) in [4.78, 5) is 20.8. The van der Waals surface area contributed by atoms with Crippen LogP contribution in [-0.2, 0) is 4.74 Å². The second-order valence-corrected chi connectivity index (χ2v) is 2.95. The van der Waals surface area contributed by atoms with Crippen LogP contribution in [0.5, 0.6) is 5.75 Å². The van der Waals surface area contributed by atoms with Crippen molar-refractivity contribution in [2.24, 2.45) is 0 Å². The van der Waals surface area contributed by atoms with E-state index in [9.17, 15) is 14.9 Å². The van der Waals surface area contributed by atoms with Crippen molar-refractivity contribution in [2.45, 2.75) is 0 Å². The van der Waals surface area contributed by atoms with Gasteiger partial charge in [0.1, 0.15) is 10.8 Å². The van der Waals surface area contributed by atoms with E-state index in [1.807, 2.05) is 0 Å². The first-order valence-electron chi connectivity index (χ1n) is 3.72. The van der Waals surface area contributed by atoms with Gasteiger partial charge in [-0.1, -0.05) is 11.6 Å². The maximum atomic E-state index is 11.1. The van der Waals surface area contributed by atoms with Gasteiger partial charge in [0.2, 0.25) is 0 Å². The number of hydrogen-bond donors (Lipinski definition) is 1. The lowest BCUT2D eigenvalue weighted by Gasteiger charge is -2.03. The molecule has 80 valence electrons. The van der Waals surface area contributed by atoms with Gasteiger partial charge in [-0.05, 0) is 6.07 Å². The number of nitro benzene ring substituents is 1. The zero-order chi connectivity index (χ0) is 11.6. The Morgan fingerprint density at radius 2 is 2.20 bits per heavy atom. The first kappa shape index (κ1) is 11.3. The van der Waals surface area contributed by atoms with Crippen molar-refractivity contribution in [3.63, 3.8) is 0 Å². The third-order valence-corrected chi connectivity index (χ3v) is 2.04. The minimum absolute atomic E-state index is 0.245. The molecule has 0 amide bonds. The van der Waals surface area contributed by atoms with Crippen LogP contribution in [0.15, 0.2) is 12.1 Å². The lowest BCUT2D eigenvalue weighted by molar-refractivity contribution is -0.384. The van der Waals surface area contributed by atoms with Crippen molar-refractivity contribution >= 4 is 23.3 Å². The van der Waals surface area contributed by atoms with Crippen molar-refractivity contribution in [3.05, 3.63) is 32.8 Å². The molecule has 0 spiro atoms. The second kappa shape index (κ2) is 4.14. The minimum atomic E-state index is -0.848. The molecule has 1 aromatic rings. The quantitative estimate of drug-likeness (QED) is 0.476. The Bertz CT molecular complexity index is 431. The Morgan fingerprint density at radius 1 is 1.60 bits per heavy atom. The molecule has 6 nitrogen and oxygen atoms in total. The molecular formula is C8H6ClNO5. The van der Waals surface area contributed by atoms with Gasteiger partial charge in [-0.15, -0.1) is 0 Å². The third-order valence-electron chi connectivity index (χ3n) is 1.64. The standard InChI is InChI=1S/C8H6ClNO5/c1-15-8(12)5-2-4(11)3-6(7(5)9)10(13)14/h2-3,11H,1H3. The zero-order valence-corrected chi connectivity index (χ0v) is 8.32. The highest BCUT2D eigenvalue weighted by Gasteiger charge is 2.22. The van der Waals surface area contributed by atoms with Crippen molar-refractivity contribution in [1.29, 1.82) is 0 Å². The molecule has 7 heteroatoms. The van der Waals surface area contributed by atoms with Crippen molar-refractivity contribution in [1.82, 2.24) is 0 Å². The van der Waals surface area contributed by atoms with Gasteiger partial charge in [-0.2, -0.15) is 0 Å². The van der Waals surface area contributed by atoms with Crippen molar-refractivity contribution < 1.29 is 19.6 Å². The number of hydrogen-bond acceptors (Lipinski definition) is 5. The molecule has 0 radical (unpaired) electrons. The van der Waals surface area contributed by atoms with Crippen LogP contribution < -0.4 is 0 Å². The Balaban J connectivity index is 3.41. The third kappa shape index (κ3) is 2.16. The maximum Gasteiger partial charge on any atom is 0.339 e. The number of phenols is 1. The highest BCUT2D eigenvalue weighted by atomic mass is 35.5. The van der Waals surface area contributed by atoms with Crippen LogP contribution in [0, 0.1) is 10.1 Å². The highest BCUT2D eigenvalue weighted by Crippen LogP contribution is 2.32. The van der Waals surface area contributed by atoms with Gasteiger partial charge in [0, 0.05) is 0 Å². The molecule has 1 N–H and O–H groups in total. The summed E-state index contributed by atoms with van der Waals surface area (Å²) in [6.07, 6.45) is 0. The van der Waals surface area contributed by atoms with Crippen LogP contribution in [0.25, 0.3) is 0 Å². The van der Waals surface area contributed by atoms with Crippen LogP contribution in [0.3, 0.4) is 0 Å². The van der Waals surface area contributed by atoms with Crippen LogP contribution in [0.4, 0.5) is 5.69 Å². The van der Waals surface area contributed by atoms with Crippen LogP contribution in [-0.4, -0.2) is 23.1 Å². The van der Waals surface area contributed by atoms with E-state index in [0.717, 1.165) is 19.2 Å². The van der Waals surface area contributed by atoms with E-state index in [1.54, 1.807) is 0 Å². The molecule has 0 unspecified atom stereocenters. The normalized spacial score (nSPS) is 9.73. The topological polar surface area (TPSA) is 89.7 Å². The molecule has 0 aliphatic heterocycles. The van der Waals surface area contributed by atoms with E-state index in [1.165, 1.54) is 0 Å². The molecule has 0 bridgehead atoms. The van der Waals surface area contributed by atoms with Crippen LogP contribution in [0.1, 0.15) is 10.4 Å². The lowest BCUT2D eigenvalue weighted by atomic mass is 10.2. The maximum absolute atomic E-state index is 11.1. The molecule has 1 rings (SSSR count). The van der Waals surface area contributed by atoms with Crippen LogP contribution >= 0.6 is 11.6 Å². The summed E-state index contributed by atoms with van der Waals surface area (Å²) >= 11 is 5.60. The molecule has 0 saturated heterocycles. The van der Waals surface area contributed by atoms with Gasteiger partial charge in [-0.3, -0.25) is 10.1 Å². The van der Waals surface area contributed by atoms with Crippen molar-refractivity contribution in [2.75, 3.05) is 7.11 Å². The monoisotopic (exact) mass is 231 g/mol. The fourth-order valence-corrected chi connectivity index (χ4v) is 1.24. The van der Waals surface area contributed by atoms with Crippen molar-refractivity contribution in [3.8, 4) is 5.75 Å². The first-order chi connectivity index (χ1) is 6.97. The fraction of sp³-hybridized carbons (Fsp3) is 0.125. The number of benzene rings is 1. The van der Waals surface area contributed by atoms with Gasteiger partial charge in [0.15, 0.2) is 0 Å². The highest BCUT2D eigenvalue weighted by molar-refractivity contribution is 6.35. The number of carbonyl (C=O) groups excluding carboxylic acids is 1. The van der Waals surface area contributed by atoms with E-state index in [2.05, 4.69) is 4.74 Å². The number of nitro groups is 1. The van der Waals surface area contributed by atoms with Gasteiger partial charge in [-0.25, -0.2) is 4.79 Å². The number of esters is 1. The number of aromatic hydroxyl groups is 1. The van der Waals surface area contributed by atoms with E-state index in [4.69, 9.17) is 16.7 Å². The molecule has 1 aromatic carbocycles. The molecule has 0 aliphatic carbocycles. The molecule has 15 heavy (non-hydrogen) atoms. The summed E-state index contributed by atoms with van der Waals surface area (Å²) < 4.78 is 4.35. The molecule has 0 aromatic heterocycles. The SMILES string of the molecule is COC(=O)c1cc(O)cc([N+](=O)[O-])c1Cl. The fourth-order valence-electron chi connectivity index (χ4n) is 0.986. The second-order valence-electron chi connectivity index (χ2n) is 2.58. The smallest absolute Gasteiger partial charge is 0.339 e. The Hall–Kier alpha value is -1.82. The summed E-state index contributed by atoms with van der Waals surface area (Å²) in [6, 6.07) is 1.86. The Morgan fingerprint density at radius 3 is 2.67 bits per heavy atom. The molecule has 0 saturated carbocycles. The average molecular weight is 232 g/mol. The van der Waals surface area contributed by atoms with E-state index < -0.39 is 22.3 Å². The predicted molar refractivity (Wildman–Crippen MR) is 51.1 cm³/mol. The summed E-state index contributed by atoms with van der Waals surface area (Å²) in [5, 5.41) is 19.3. The Labute approximate surface area is 89.2 Å². The number of phenolic OH excluding ortho intramolecular Hbond substituents is 1. The molecule has 0 heterocycles. The number of carbonyl (C=O) groups is 1. The summed E-state index contributed by atoms with van der Waals surface area (Å²) in [5.41, 5.74) is -0.789. The lowest BCUT2D eigenvalue weighted by Crippen LogP contribution is -2.03. The molecular weight excluding hydrogens is 226 g/mol. The number of ether oxygens (including phenoxy) is 1.